The zero-order valence-corrected chi connectivity index (χ0v) is 8.76. The Balaban J connectivity index is 2.04. The molecule has 3 atom stereocenters. The number of β-lactam (4-membered cyclic amide) rings is 1. The monoisotopic (exact) mass is 181 g/mol. The summed E-state index contributed by atoms with van der Waals surface area (Å²) in [4.78, 5) is 11.3. The summed E-state index contributed by atoms with van der Waals surface area (Å²) in [5.74, 6) is 2.10. The first-order chi connectivity index (χ1) is 6.03. The summed E-state index contributed by atoms with van der Waals surface area (Å²) in [5, 5.41) is 3.04. The molecule has 1 heterocycles. The highest BCUT2D eigenvalue weighted by molar-refractivity contribution is 5.87. The van der Waals surface area contributed by atoms with Crippen LogP contribution in [0.15, 0.2) is 0 Å². The van der Waals surface area contributed by atoms with Crippen LogP contribution >= 0.6 is 0 Å². The lowest BCUT2D eigenvalue weighted by molar-refractivity contribution is -0.145. The van der Waals surface area contributed by atoms with Crippen LogP contribution in [0.2, 0.25) is 0 Å². The number of hydrogen-bond donors (Lipinski definition) is 1. The number of carbonyl (C=O) groups is 1. The van der Waals surface area contributed by atoms with Crippen LogP contribution in [0.4, 0.5) is 0 Å². The molecule has 3 unspecified atom stereocenters. The summed E-state index contributed by atoms with van der Waals surface area (Å²) >= 11 is 0. The molecule has 0 radical (unpaired) electrons. The second-order valence-corrected chi connectivity index (χ2v) is 5.24. The van der Waals surface area contributed by atoms with Gasteiger partial charge in [0.2, 0.25) is 5.91 Å². The second kappa shape index (κ2) is 2.73. The van der Waals surface area contributed by atoms with E-state index in [1.807, 2.05) is 0 Å². The highest BCUT2D eigenvalue weighted by atomic mass is 16.2. The molecule has 1 amide bonds. The number of rotatable bonds is 1. The van der Waals surface area contributed by atoms with Crippen LogP contribution in [0.3, 0.4) is 0 Å². The minimum Gasteiger partial charge on any atom is -0.350 e. The van der Waals surface area contributed by atoms with Crippen LogP contribution in [0, 0.1) is 17.8 Å². The van der Waals surface area contributed by atoms with Gasteiger partial charge < -0.3 is 5.32 Å². The van der Waals surface area contributed by atoms with Crippen LogP contribution in [0.25, 0.3) is 0 Å². The average molecular weight is 181 g/mol. The van der Waals surface area contributed by atoms with Crippen molar-refractivity contribution in [1.29, 1.82) is 0 Å². The van der Waals surface area contributed by atoms with Crippen LogP contribution < -0.4 is 5.32 Å². The van der Waals surface area contributed by atoms with Crippen molar-refractivity contribution in [2.75, 3.05) is 0 Å². The molecule has 1 saturated carbocycles. The lowest BCUT2D eigenvalue weighted by Gasteiger charge is -2.52. The van der Waals surface area contributed by atoms with Crippen molar-refractivity contribution in [3.63, 3.8) is 0 Å². The fourth-order valence-electron chi connectivity index (χ4n) is 2.78. The van der Waals surface area contributed by atoms with E-state index in [0.717, 1.165) is 18.3 Å². The number of amides is 1. The predicted octanol–water partition coefficient (Wildman–Crippen LogP) is 1.95. The maximum atomic E-state index is 11.3. The Morgan fingerprint density at radius 2 is 2.23 bits per heavy atom. The molecule has 2 fully saturated rings. The predicted molar refractivity (Wildman–Crippen MR) is 52.2 cm³/mol. The molecule has 2 rings (SSSR count). The Kier molecular flexibility index (Phi) is 1.90. The summed E-state index contributed by atoms with van der Waals surface area (Å²) in [5.41, 5.74) is 0.155. The van der Waals surface area contributed by atoms with Crippen molar-refractivity contribution in [2.45, 2.75) is 45.6 Å². The van der Waals surface area contributed by atoms with Gasteiger partial charge in [-0.2, -0.15) is 0 Å². The first kappa shape index (κ1) is 9.04. The van der Waals surface area contributed by atoms with E-state index in [9.17, 15) is 4.79 Å². The molecular weight excluding hydrogens is 162 g/mol. The fraction of sp³-hybridized carbons (Fsp3) is 0.909. The molecular formula is C11H19NO. The summed E-state index contributed by atoms with van der Waals surface area (Å²) < 4.78 is 0. The summed E-state index contributed by atoms with van der Waals surface area (Å²) in [6.07, 6.45) is 3.57. The molecule has 74 valence electrons. The van der Waals surface area contributed by atoms with Gasteiger partial charge in [-0.25, -0.2) is 0 Å². The molecule has 13 heavy (non-hydrogen) atoms. The molecule has 0 aromatic heterocycles. The lowest BCUT2D eigenvalue weighted by Crippen LogP contribution is -2.69. The second-order valence-electron chi connectivity index (χ2n) is 5.24. The Labute approximate surface area is 80.1 Å². The number of nitrogens with one attached hydrogen (secondary N) is 1. The fourth-order valence-corrected chi connectivity index (χ4v) is 2.78. The van der Waals surface area contributed by atoms with E-state index in [1.165, 1.54) is 12.8 Å². The Morgan fingerprint density at radius 3 is 2.77 bits per heavy atom. The standard InChI is InChI=1S/C11H19NO/c1-7(2)8-4-5-11(3)9(6-8)10(13)12-11/h7-9H,4-6H2,1-3H3,(H,12,13). The van der Waals surface area contributed by atoms with Crippen molar-refractivity contribution >= 4 is 5.91 Å². The SMILES string of the molecule is CC(C)C1CCC2(C)NC(=O)C2C1. The Morgan fingerprint density at radius 1 is 1.54 bits per heavy atom. The molecule has 2 heteroatoms. The third-order valence-electron chi connectivity index (χ3n) is 4.01. The molecule has 1 N–H and O–H groups in total. The van der Waals surface area contributed by atoms with Crippen molar-refractivity contribution in [3.05, 3.63) is 0 Å². The molecule has 1 aliphatic heterocycles. The van der Waals surface area contributed by atoms with Gasteiger partial charge in [-0.05, 0) is 38.0 Å². The van der Waals surface area contributed by atoms with E-state index >= 15 is 0 Å². The summed E-state index contributed by atoms with van der Waals surface area (Å²) in [7, 11) is 0. The number of hydrogen-bond acceptors (Lipinski definition) is 1. The highest BCUT2D eigenvalue weighted by Gasteiger charge is 2.52. The summed E-state index contributed by atoms with van der Waals surface area (Å²) in [6.45, 7) is 6.73. The molecule has 2 aliphatic rings. The number of carbonyl (C=O) groups excluding carboxylic acids is 1. The molecule has 0 aromatic carbocycles. The first-order valence-electron chi connectivity index (χ1n) is 5.35. The molecule has 0 aromatic rings. The Hall–Kier alpha value is -0.530. The van der Waals surface area contributed by atoms with Gasteiger partial charge in [-0.15, -0.1) is 0 Å². The molecule has 0 spiro atoms. The molecule has 0 bridgehead atoms. The van der Waals surface area contributed by atoms with Gasteiger partial charge in [0.25, 0.3) is 0 Å². The van der Waals surface area contributed by atoms with Crippen LogP contribution in [-0.2, 0) is 4.79 Å². The van der Waals surface area contributed by atoms with Crippen LogP contribution in [-0.4, -0.2) is 11.4 Å². The topological polar surface area (TPSA) is 29.1 Å². The van der Waals surface area contributed by atoms with E-state index in [1.54, 1.807) is 0 Å². The van der Waals surface area contributed by atoms with Crippen molar-refractivity contribution in [3.8, 4) is 0 Å². The van der Waals surface area contributed by atoms with Gasteiger partial charge in [0.1, 0.15) is 0 Å². The third-order valence-corrected chi connectivity index (χ3v) is 4.01. The Bertz CT molecular complexity index is 236. The first-order valence-corrected chi connectivity index (χ1v) is 5.35. The largest absolute Gasteiger partial charge is 0.350 e. The van der Waals surface area contributed by atoms with Crippen LogP contribution in [0.5, 0.6) is 0 Å². The van der Waals surface area contributed by atoms with Gasteiger partial charge in [0, 0.05) is 5.54 Å². The smallest absolute Gasteiger partial charge is 0.225 e. The van der Waals surface area contributed by atoms with Gasteiger partial charge >= 0.3 is 0 Å². The molecule has 2 nitrogen and oxygen atoms in total. The normalized spacial score (nSPS) is 43.8. The maximum Gasteiger partial charge on any atom is 0.225 e. The number of fused-ring (bicyclic) bond motifs is 1. The van der Waals surface area contributed by atoms with Gasteiger partial charge in [-0.3, -0.25) is 4.79 Å². The van der Waals surface area contributed by atoms with Crippen molar-refractivity contribution in [2.24, 2.45) is 17.8 Å². The maximum absolute atomic E-state index is 11.3. The molecule has 1 saturated heterocycles. The van der Waals surface area contributed by atoms with E-state index in [0.29, 0.717) is 5.92 Å². The van der Waals surface area contributed by atoms with E-state index < -0.39 is 0 Å². The van der Waals surface area contributed by atoms with Gasteiger partial charge in [0.05, 0.1) is 5.92 Å². The zero-order valence-electron chi connectivity index (χ0n) is 8.76. The quantitative estimate of drug-likeness (QED) is 0.615. The third kappa shape index (κ3) is 1.27. The van der Waals surface area contributed by atoms with E-state index in [4.69, 9.17) is 0 Å². The average Bonchev–Trinajstić information content (AvgIpc) is 2.02. The van der Waals surface area contributed by atoms with Gasteiger partial charge in [0.15, 0.2) is 0 Å². The van der Waals surface area contributed by atoms with Crippen molar-refractivity contribution in [1.82, 2.24) is 5.32 Å². The minimum atomic E-state index is 0.155. The van der Waals surface area contributed by atoms with E-state index in [-0.39, 0.29) is 11.4 Å². The lowest BCUT2D eigenvalue weighted by atomic mass is 9.62. The molecule has 1 aliphatic carbocycles. The zero-order chi connectivity index (χ0) is 9.64. The summed E-state index contributed by atoms with van der Waals surface area (Å²) in [6, 6.07) is 0. The minimum absolute atomic E-state index is 0.155. The van der Waals surface area contributed by atoms with E-state index in [2.05, 4.69) is 26.1 Å². The van der Waals surface area contributed by atoms with Crippen LogP contribution in [0.1, 0.15) is 40.0 Å². The van der Waals surface area contributed by atoms with Gasteiger partial charge in [-0.1, -0.05) is 13.8 Å². The highest BCUT2D eigenvalue weighted by Crippen LogP contribution is 2.44. The van der Waals surface area contributed by atoms with Crippen molar-refractivity contribution < 1.29 is 4.79 Å².